The SMILES string of the molecule is CC/C=C/C/C=C/C/C=C/C/C=C/C/C=C/C/C=C/C/C=C/CCCC(=O)OCC(COCCC(C(=O)[O-])[N+](C)(C)C)OC(=O)CCCCC/C=C/C/C=C/C/C=C/C/C=C/C/C=C/CC. The molecule has 2 atom stereocenters. The van der Waals surface area contributed by atoms with Crippen LogP contribution in [0.25, 0.3) is 0 Å². The molecular formula is C58H89NO7. The number of carboxylic acid groups (broad SMARTS) is 1. The number of carboxylic acids is 1. The third-order valence-electron chi connectivity index (χ3n) is 9.97. The van der Waals surface area contributed by atoms with Crippen molar-refractivity contribution >= 4 is 17.9 Å². The molecule has 0 heterocycles. The summed E-state index contributed by atoms with van der Waals surface area (Å²) in [6.45, 7) is 4.31. The molecule has 8 heteroatoms. The summed E-state index contributed by atoms with van der Waals surface area (Å²) in [5.41, 5.74) is 0. The van der Waals surface area contributed by atoms with Crippen molar-refractivity contribution in [3.8, 4) is 0 Å². The summed E-state index contributed by atoms with van der Waals surface area (Å²) in [6, 6.07) is -0.752. The number of hydrogen-bond acceptors (Lipinski definition) is 7. The highest BCUT2D eigenvalue weighted by Crippen LogP contribution is 2.11. The van der Waals surface area contributed by atoms with Gasteiger partial charge in [0.25, 0.3) is 0 Å². The molecule has 0 saturated carbocycles. The molecule has 0 aliphatic carbocycles. The maximum absolute atomic E-state index is 12.8. The summed E-state index contributed by atoms with van der Waals surface area (Å²) in [6.07, 6.45) is 68.9. The zero-order chi connectivity index (χ0) is 48.4. The maximum Gasteiger partial charge on any atom is 0.306 e. The average molecular weight is 912 g/mol. The first-order chi connectivity index (χ1) is 32.1. The van der Waals surface area contributed by atoms with E-state index in [2.05, 4.69) is 160 Å². The Morgan fingerprint density at radius 2 is 0.818 bits per heavy atom. The molecule has 8 nitrogen and oxygen atoms in total. The molecule has 0 amide bonds. The lowest BCUT2D eigenvalue weighted by atomic mass is 10.1. The van der Waals surface area contributed by atoms with E-state index in [0.29, 0.717) is 12.8 Å². The van der Waals surface area contributed by atoms with Gasteiger partial charge in [-0.1, -0.05) is 166 Å². The molecule has 0 aromatic rings. The van der Waals surface area contributed by atoms with Crippen LogP contribution in [0.2, 0.25) is 0 Å². The van der Waals surface area contributed by atoms with Crippen molar-refractivity contribution in [2.24, 2.45) is 0 Å². The van der Waals surface area contributed by atoms with Crippen LogP contribution in [-0.2, 0) is 28.6 Å². The summed E-state index contributed by atoms with van der Waals surface area (Å²) in [5, 5.41) is 11.7. The molecule has 0 fully saturated rings. The smallest absolute Gasteiger partial charge is 0.306 e. The lowest BCUT2D eigenvalue weighted by molar-refractivity contribution is -0.889. The fourth-order valence-corrected chi connectivity index (χ4v) is 6.20. The van der Waals surface area contributed by atoms with Gasteiger partial charge in [-0.2, -0.15) is 0 Å². The standard InChI is InChI=1S/C58H89NO7/c1-6-8-10-12-14-16-18-20-22-24-26-27-28-29-31-32-34-36-38-40-42-44-46-48-56(60)65-53-54(52-64-51-50-55(58(62)63)59(3,4)5)66-57(61)49-47-45-43-41-39-37-35-33-30-25-23-21-19-17-15-13-11-9-7-2/h8-11,14-17,20-23,26-27,29-31,33-34,36-37,39-40,42,54-55H,6-7,12-13,18-19,24-25,28,32,35,38,41,43-53H2,1-5H3/b10-8+,11-9+,16-14+,17-15+,22-20+,23-21+,27-26+,31-29+,33-30+,36-34+,39-37+,42-40+. The monoisotopic (exact) mass is 912 g/mol. The van der Waals surface area contributed by atoms with E-state index in [0.717, 1.165) is 103 Å². The predicted octanol–water partition coefficient (Wildman–Crippen LogP) is 13.2. The van der Waals surface area contributed by atoms with Crippen molar-refractivity contribution in [3.05, 3.63) is 146 Å². The van der Waals surface area contributed by atoms with Crippen molar-refractivity contribution in [2.75, 3.05) is 41.0 Å². The summed E-state index contributed by atoms with van der Waals surface area (Å²) >= 11 is 0. The first kappa shape index (κ1) is 61.2. The summed E-state index contributed by atoms with van der Waals surface area (Å²) in [7, 11) is 5.36. The fourth-order valence-electron chi connectivity index (χ4n) is 6.20. The molecule has 0 rings (SSSR count). The molecule has 0 aromatic heterocycles. The number of carbonyl (C=O) groups excluding carboxylic acids is 3. The lowest BCUT2D eigenvalue weighted by Crippen LogP contribution is -2.55. The molecule has 2 unspecified atom stereocenters. The van der Waals surface area contributed by atoms with E-state index in [-0.39, 0.29) is 55.5 Å². The molecular weight excluding hydrogens is 823 g/mol. The minimum Gasteiger partial charge on any atom is -0.544 e. The molecule has 0 radical (unpaired) electrons. The van der Waals surface area contributed by atoms with Gasteiger partial charge in [-0.05, 0) is 109 Å². The molecule has 0 aliphatic rings. The van der Waals surface area contributed by atoms with Crippen molar-refractivity contribution in [1.82, 2.24) is 0 Å². The lowest BCUT2D eigenvalue weighted by Gasteiger charge is -2.34. The van der Waals surface area contributed by atoms with Crippen LogP contribution in [-0.4, -0.2) is 75.5 Å². The van der Waals surface area contributed by atoms with E-state index in [1.54, 1.807) is 21.1 Å². The van der Waals surface area contributed by atoms with Crippen LogP contribution in [0, 0.1) is 0 Å². The van der Waals surface area contributed by atoms with Crippen molar-refractivity contribution in [3.63, 3.8) is 0 Å². The number of ether oxygens (including phenoxy) is 3. The van der Waals surface area contributed by atoms with E-state index in [1.807, 2.05) is 0 Å². The van der Waals surface area contributed by atoms with Crippen molar-refractivity contribution in [1.29, 1.82) is 0 Å². The van der Waals surface area contributed by atoms with Crippen molar-refractivity contribution < 1.29 is 38.2 Å². The Morgan fingerprint density at radius 1 is 0.455 bits per heavy atom. The van der Waals surface area contributed by atoms with E-state index in [1.165, 1.54) is 0 Å². The zero-order valence-electron chi connectivity index (χ0n) is 41.8. The van der Waals surface area contributed by atoms with Crippen LogP contribution in [0.15, 0.2) is 146 Å². The Bertz CT molecular complexity index is 1580. The van der Waals surface area contributed by atoms with Gasteiger partial charge in [0.15, 0.2) is 6.10 Å². The average Bonchev–Trinajstić information content (AvgIpc) is 3.28. The van der Waals surface area contributed by atoms with Gasteiger partial charge in [0.05, 0.1) is 40.3 Å². The predicted molar refractivity (Wildman–Crippen MR) is 276 cm³/mol. The maximum atomic E-state index is 12.8. The number of carbonyl (C=O) groups is 3. The Morgan fingerprint density at radius 3 is 1.20 bits per heavy atom. The van der Waals surface area contributed by atoms with Crippen LogP contribution in [0.1, 0.15) is 149 Å². The highest BCUT2D eigenvalue weighted by atomic mass is 16.6. The van der Waals surface area contributed by atoms with Gasteiger partial charge in [0.2, 0.25) is 0 Å². The van der Waals surface area contributed by atoms with Gasteiger partial charge in [-0.25, -0.2) is 0 Å². The second-order valence-electron chi connectivity index (χ2n) is 16.9. The van der Waals surface area contributed by atoms with Gasteiger partial charge >= 0.3 is 11.9 Å². The Labute approximate surface area is 402 Å². The number of hydrogen-bond donors (Lipinski definition) is 0. The topological polar surface area (TPSA) is 102 Å². The highest BCUT2D eigenvalue weighted by molar-refractivity contribution is 5.70. The Balaban J connectivity index is 4.48. The van der Waals surface area contributed by atoms with Crippen LogP contribution in [0.3, 0.4) is 0 Å². The van der Waals surface area contributed by atoms with Gasteiger partial charge in [-0.15, -0.1) is 0 Å². The molecule has 368 valence electrons. The second kappa shape index (κ2) is 46.7. The zero-order valence-corrected chi connectivity index (χ0v) is 41.8. The van der Waals surface area contributed by atoms with E-state index in [9.17, 15) is 19.5 Å². The van der Waals surface area contributed by atoms with E-state index < -0.39 is 18.1 Å². The first-order valence-electron chi connectivity index (χ1n) is 24.9. The van der Waals surface area contributed by atoms with E-state index >= 15 is 0 Å². The molecule has 0 bridgehead atoms. The van der Waals surface area contributed by atoms with E-state index in [4.69, 9.17) is 14.2 Å². The summed E-state index contributed by atoms with van der Waals surface area (Å²) in [4.78, 5) is 37.0. The van der Waals surface area contributed by atoms with Gasteiger partial charge in [-0.3, -0.25) is 9.59 Å². The Hall–Kier alpha value is -4.79. The number of unbranched alkanes of at least 4 members (excludes halogenated alkanes) is 4. The molecule has 0 aliphatic heterocycles. The number of esters is 2. The highest BCUT2D eigenvalue weighted by Gasteiger charge is 2.25. The molecule has 0 aromatic carbocycles. The van der Waals surface area contributed by atoms with Crippen LogP contribution < -0.4 is 5.11 Å². The molecule has 0 saturated heterocycles. The quantitative estimate of drug-likeness (QED) is 0.0260. The first-order valence-corrected chi connectivity index (χ1v) is 24.9. The summed E-state index contributed by atoms with van der Waals surface area (Å²) < 4.78 is 17.1. The van der Waals surface area contributed by atoms with Gasteiger partial charge in [0, 0.05) is 19.3 Å². The molecule has 0 spiro atoms. The largest absolute Gasteiger partial charge is 0.544 e. The third kappa shape index (κ3) is 44.4. The van der Waals surface area contributed by atoms with Gasteiger partial charge < -0.3 is 28.6 Å². The van der Waals surface area contributed by atoms with Crippen LogP contribution >= 0.6 is 0 Å². The van der Waals surface area contributed by atoms with Crippen LogP contribution in [0.4, 0.5) is 0 Å². The fraction of sp³-hybridized carbons (Fsp3) is 0.534. The van der Waals surface area contributed by atoms with Crippen LogP contribution in [0.5, 0.6) is 0 Å². The Kier molecular flexibility index (Phi) is 43.3. The number of nitrogens with zero attached hydrogens (tertiary/aromatic N) is 1. The number of rotatable bonds is 42. The molecule has 66 heavy (non-hydrogen) atoms. The minimum absolute atomic E-state index is 0.00264. The normalized spacial score (nSPS) is 14.1. The van der Waals surface area contributed by atoms with Gasteiger partial charge in [0.1, 0.15) is 12.6 Å². The van der Waals surface area contributed by atoms with Crippen molar-refractivity contribution in [2.45, 2.75) is 161 Å². The number of allylic oxidation sites excluding steroid dienone is 24. The number of aliphatic carboxylic acids is 1. The molecule has 0 N–H and O–H groups in total. The number of quaternary nitrogens is 1. The number of likely N-dealkylation sites (N-methyl/N-ethyl adjacent to an activating group) is 1. The minimum atomic E-state index is -1.15. The second-order valence-corrected chi connectivity index (χ2v) is 16.9. The third-order valence-corrected chi connectivity index (χ3v) is 9.97. The summed E-state index contributed by atoms with van der Waals surface area (Å²) in [5.74, 6) is -1.88.